The van der Waals surface area contributed by atoms with Crippen LogP contribution in [0.15, 0.2) is 66.9 Å². The molecule has 1 unspecified atom stereocenters. The number of hydrogen-bond acceptors (Lipinski definition) is 4. The molecule has 29 heavy (non-hydrogen) atoms. The zero-order valence-corrected chi connectivity index (χ0v) is 17.6. The van der Waals surface area contributed by atoms with Crippen LogP contribution in [0, 0.1) is 23.4 Å². The van der Waals surface area contributed by atoms with Crippen LogP contribution < -0.4 is 4.31 Å². The lowest BCUT2D eigenvalue weighted by Crippen LogP contribution is -2.34. The van der Waals surface area contributed by atoms with E-state index in [2.05, 4.69) is 16.8 Å². The fourth-order valence-electron chi connectivity index (χ4n) is 2.75. The van der Waals surface area contributed by atoms with Crippen LogP contribution in [0.4, 0.5) is 5.69 Å². The van der Waals surface area contributed by atoms with Crippen molar-refractivity contribution in [1.82, 2.24) is 4.98 Å². The van der Waals surface area contributed by atoms with E-state index in [0.717, 1.165) is 27.3 Å². The normalized spacial score (nSPS) is 12.0. The Morgan fingerprint density at radius 1 is 1.00 bits per heavy atom. The van der Waals surface area contributed by atoms with E-state index in [0.29, 0.717) is 11.3 Å². The van der Waals surface area contributed by atoms with E-state index in [1.165, 1.54) is 0 Å². The zero-order valence-electron chi connectivity index (χ0n) is 16.0. The number of nitrogens with zero attached hydrogens (tertiary/aromatic N) is 1. The van der Waals surface area contributed by atoms with Crippen LogP contribution in [0.2, 0.25) is 0 Å². The molecule has 2 N–H and O–H groups in total. The number of aromatic nitrogens is 1. The Labute approximate surface area is 175 Å². The second kappa shape index (κ2) is 8.62. The lowest BCUT2D eigenvalue weighted by Gasteiger charge is -2.28. The van der Waals surface area contributed by atoms with Gasteiger partial charge in [-0.25, -0.2) is 12.7 Å². The average molecular weight is 425 g/mol. The van der Waals surface area contributed by atoms with Gasteiger partial charge in [0.25, 0.3) is 0 Å². The highest BCUT2D eigenvalue weighted by Gasteiger charge is 2.27. The predicted octanol–water partition coefficient (Wildman–Crippen LogP) is 3.91. The number of H-pyrrole nitrogens is 1. The maximum atomic E-state index is 12.4. The van der Waals surface area contributed by atoms with Crippen molar-refractivity contribution in [2.45, 2.75) is 13.2 Å². The molecule has 0 aliphatic carbocycles. The first-order valence-corrected chi connectivity index (χ1v) is 11.1. The Bertz CT molecular complexity index is 1220. The van der Waals surface area contributed by atoms with Gasteiger partial charge in [-0.1, -0.05) is 47.8 Å². The van der Waals surface area contributed by atoms with Crippen LogP contribution in [-0.4, -0.2) is 24.8 Å². The standard InChI is InChI=1S/C22H20N2O3S2/c1-16-5-7-17(8-6-16)9-10-18-11-13-19(14-12-18)24(29(2,26)27)22(25)20-4-3-15-23-21(20)28/h3-8,11-15,22,25H,1-2H3,(H,23,28). The van der Waals surface area contributed by atoms with Gasteiger partial charge in [0.2, 0.25) is 10.0 Å². The van der Waals surface area contributed by atoms with Crippen molar-refractivity contribution < 1.29 is 13.5 Å². The quantitative estimate of drug-likeness (QED) is 0.378. The van der Waals surface area contributed by atoms with Crippen molar-refractivity contribution in [2.24, 2.45) is 0 Å². The molecule has 0 fully saturated rings. The Hall–Kier alpha value is -2.92. The number of aliphatic hydroxyl groups is 1. The van der Waals surface area contributed by atoms with E-state index in [1.807, 2.05) is 31.2 Å². The maximum absolute atomic E-state index is 12.4. The van der Waals surface area contributed by atoms with Gasteiger partial charge in [-0.05, 0) is 49.4 Å². The third kappa shape index (κ3) is 5.12. The van der Waals surface area contributed by atoms with Crippen molar-refractivity contribution in [3.8, 4) is 11.8 Å². The van der Waals surface area contributed by atoms with Crippen LogP contribution in [0.5, 0.6) is 0 Å². The van der Waals surface area contributed by atoms with E-state index in [9.17, 15) is 13.5 Å². The second-order valence-electron chi connectivity index (χ2n) is 6.55. The molecule has 3 rings (SSSR count). The molecule has 1 atom stereocenters. The molecule has 1 aromatic heterocycles. The van der Waals surface area contributed by atoms with E-state index < -0.39 is 16.3 Å². The summed E-state index contributed by atoms with van der Waals surface area (Å²) in [7, 11) is -3.77. The summed E-state index contributed by atoms with van der Waals surface area (Å²) in [6.07, 6.45) is 1.21. The third-order valence-corrected chi connectivity index (χ3v) is 5.71. The van der Waals surface area contributed by atoms with Crippen LogP contribution in [0.3, 0.4) is 0 Å². The molecule has 1 heterocycles. The molecule has 0 bridgehead atoms. The smallest absolute Gasteiger partial charge is 0.234 e. The number of aryl methyl sites for hydroxylation is 1. The number of pyridine rings is 1. The van der Waals surface area contributed by atoms with Gasteiger partial charge in [0.05, 0.1) is 11.9 Å². The molecule has 0 spiro atoms. The van der Waals surface area contributed by atoms with Gasteiger partial charge in [0, 0.05) is 22.9 Å². The highest BCUT2D eigenvalue weighted by Crippen LogP contribution is 2.28. The van der Waals surface area contributed by atoms with E-state index >= 15 is 0 Å². The summed E-state index contributed by atoms with van der Waals surface area (Å²) < 4.78 is 26.0. The third-order valence-electron chi connectivity index (χ3n) is 4.23. The van der Waals surface area contributed by atoms with Gasteiger partial charge in [0.1, 0.15) is 4.64 Å². The summed E-state index contributed by atoms with van der Waals surface area (Å²) in [6.45, 7) is 2.01. The van der Waals surface area contributed by atoms with Gasteiger partial charge in [-0.3, -0.25) is 0 Å². The summed E-state index contributed by atoms with van der Waals surface area (Å²) in [6, 6.07) is 17.8. The number of hydrogen-bond donors (Lipinski definition) is 2. The molecule has 0 amide bonds. The van der Waals surface area contributed by atoms with Crippen molar-refractivity contribution in [1.29, 1.82) is 0 Å². The lowest BCUT2D eigenvalue weighted by atomic mass is 10.1. The summed E-state index contributed by atoms with van der Waals surface area (Å²) in [5.41, 5.74) is 3.41. The number of benzene rings is 2. The van der Waals surface area contributed by atoms with Crippen LogP contribution in [0.25, 0.3) is 0 Å². The summed E-state index contributed by atoms with van der Waals surface area (Å²) in [5, 5.41) is 10.7. The highest BCUT2D eigenvalue weighted by molar-refractivity contribution is 7.92. The number of aliphatic hydroxyl groups excluding tert-OH is 1. The van der Waals surface area contributed by atoms with Crippen molar-refractivity contribution in [3.05, 3.63) is 93.8 Å². The molecule has 0 aliphatic rings. The number of anilines is 1. The topological polar surface area (TPSA) is 73.4 Å². The van der Waals surface area contributed by atoms with Crippen LogP contribution in [-0.2, 0) is 10.0 Å². The fraction of sp³-hybridized carbons (Fsp3) is 0.136. The minimum atomic E-state index is -3.77. The minimum absolute atomic E-state index is 0.272. The molecule has 0 saturated carbocycles. The number of sulfonamides is 1. The molecular weight excluding hydrogens is 404 g/mol. The van der Waals surface area contributed by atoms with Gasteiger partial charge < -0.3 is 10.1 Å². The SMILES string of the molecule is Cc1ccc(C#Cc2ccc(N(C(O)c3ccc[nH]c3=S)S(C)(=O)=O)cc2)cc1. The Balaban J connectivity index is 1.92. The Kier molecular flexibility index (Phi) is 6.18. The van der Waals surface area contributed by atoms with Gasteiger partial charge in [-0.2, -0.15) is 0 Å². The highest BCUT2D eigenvalue weighted by atomic mass is 32.2. The summed E-state index contributed by atoms with van der Waals surface area (Å²) in [4.78, 5) is 2.80. The maximum Gasteiger partial charge on any atom is 0.234 e. The van der Waals surface area contributed by atoms with Crippen molar-refractivity contribution in [3.63, 3.8) is 0 Å². The first-order chi connectivity index (χ1) is 13.8. The number of rotatable bonds is 4. The molecule has 7 heteroatoms. The van der Waals surface area contributed by atoms with Crippen LogP contribution in [0.1, 0.15) is 28.5 Å². The van der Waals surface area contributed by atoms with Crippen LogP contribution >= 0.6 is 12.2 Å². The summed E-state index contributed by atoms with van der Waals surface area (Å²) >= 11 is 5.17. The van der Waals surface area contributed by atoms with E-state index in [4.69, 9.17) is 12.2 Å². The molecule has 0 aliphatic heterocycles. The van der Waals surface area contributed by atoms with Gasteiger partial charge >= 0.3 is 0 Å². The number of nitrogens with one attached hydrogen (secondary N) is 1. The molecule has 2 aromatic carbocycles. The largest absolute Gasteiger partial charge is 0.368 e. The summed E-state index contributed by atoms with van der Waals surface area (Å²) in [5.74, 6) is 6.13. The van der Waals surface area contributed by atoms with E-state index in [1.54, 1.807) is 42.6 Å². The Morgan fingerprint density at radius 3 is 2.07 bits per heavy atom. The second-order valence-corrected chi connectivity index (χ2v) is 8.82. The van der Waals surface area contributed by atoms with Gasteiger partial charge in [0.15, 0.2) is 6.23 Å². The van der Waals surface area contributed by atoms with Crippen molar-refractivity contribution in [2.75, 3.05) is 10.6 Å². The Morgan fingerprint density at radius 2 is 1.55 bits per heavy atom. The first kappa shape index (κ1) is 20.8. The molecule has 0 radical (unpaired) electrons. The average Bonchev–Trinajstić information content (AvgIpc) is 2.68. The van der Waals surface area contributed by atoms with Crippen molar-refractivity contribution >= 4 is 27.9 Å². The predicted molar refractivity (Wildman–Crippen MR) is 118 cm³/mol. The van der Waals surface area contributed by atoms with Gasteiger partial charge in [-0.15, -0.1) is 0 Å². The zero-order chi connectivity index (χ0) is 21.0. The number of aromatic amines is 1. The molecule has 3 aromatic rings. The first-order valence-electron chi connectivity index (χ1n) is 8.79. The monoisotopic (exact) mass is 424 g/mol. The molecule has 148 valence electrons. The molecule has 5 nitrogen and oxygen atoms in total. The molecule has 0 saturated heterocycles. The minimum Gasteiger partial charge on any atom is -0.368 e. The lowest BCUT2D eigenvalue weighted by molar-refractivity contribution is 0.189. The van der Waals surface area contributed by atoms with E-state index in [-0.39, 0.29) is 4.64 Å². The fourth-order valence-corrected chi connectivity index (χ4v) is 3.97. The molecular formula is C22H20N2O3S2.